The van der Waals surface area contributed by atoms with Crippen LogP contribution in [0.4, 0.5) is 0 Å². The van der Waals surface area contributed by atoms with Gasteiger partial charge in [-0.05, 0) is 43.8 Å². The van der Waals surface area contributed by atoms with E-state index in [0.29, 0.717) is 17.4 Å². The van der Waals surface area contributed by atoms with Crippen LogP contribution in [0, 0.1) is 11.3 Å². The third kappa shape index (κ3) is 5.68. The zero-order valence-corrected chi connectivity index (χ0v) is 13.0. The molecule has 3 heteroatoms. The highest BCUT2D eigenvalue weighted by atomic mass is 16.5. The van der Waals surface area contributed by atoms with Crippen LogP contribution >= 0.6 is 0 Å². The summed E-state index contributed by atoms with van der Waals surface area (Å²) in [4.78, 5) is 2.60. The van der Waals surface area contributed by atoms with Gasteiger partial charge in [0.1, 0.15) is 0 Å². The Balaban J connectivity index is 2.37. The third-order valence-corrected chi connectivity index (χ3v) is 3.96. The lowest BCUT2D eigenvalue weighted by Crippen LogP contribution is -2.50. The van der Waals surface area contributed by atoms with Crippen molar-refractivity contribution in [3.8, 4) is 0 Å². The summed E-state index contributed by atoms with van der Waals surface area (Å²) in [6.45, 7) is 14.7. The molecule has 0 saturated carbocycles. The number of methoxy groups -OCH3 is 1. The lowest BCUT2D eigenvalue weighted by atomic mass is 9.82. The standard InChI is InChI=1S/C15H32N2O/c1-13(2)10-16-11-14(12-18-5)17-8-6-15(3,4)7-9-17/h13-14,16H,6-12H2,1-5H3. The average molecular weight is 256 g/mol. The van der Waals surface area contributed by atoms with Crippen LogP contribution < -0.4 is 5.32 Å². The number of piperidine rings is 1. The van der Waals surface area contributed by atoms with E-state index in [0.717, 1.165) is 19.7 Å². The number of hydrogen-bond donors (Lipinski definition) is 1. The molecule has 1 aliphatic heterocycles. The summed E-state index contributed by atoms with van der Waals surface area (Å²) in [6, 6.07) is 0.532. The van der Waals surface area contributed by atoms with E-state index in [1.165, 1.54) is 25.9 Å². The molecule has 1 saturated heterocycles. The van der Waals surface area contributed by atoms with Gasteiger partial charge in [0.25, 0.3) is 0 Å². The average Bonchev–Trinajstić information content (AvgIpc) is 2.28. The number of rotatable bonds is 7. The summed E-state index contributed by atoms with van der Waals surface area (Å²) in [5.41, 5.74) is 0.527. The van der Waals surface area contributed by atoms with Crippen LogP contribution in [0.2, 0.25) is 0 Å². The second kappa shape index (κ2) is 7.46. The van der Waals surface area contributed by atoms with E-state index < -0.39 is 0 Å². The van der Waals surface area contributed by atoms with Crippen LogP contribution in [0.15, 0.2) is 0 Å². The van der Waals surface area contributed by atoms with Gasteiger partial charge in [-0.2, -0.15) is 0 Å². The lowest BCUT2D eigenvalue weighted by molar-refractivity contribution is 0.0466. The summed E-state index contributed by atoms with van der Waals surface area (Å²) < 4.78 is 5.39. The van der Waals surface area contributed by atoms with Crippen LogP contribution in [0.1, 0.15) is 40.5 Å². The van der Waals surface area contributed by atoms with Crippen molar-refractivity contribution >= 4 is 0 Å². The minimum atomic E-state index is 0.527. The first-order valence-electron chi connectivity index (χ1n) is 7.38. The fourth-order valence-corrected chi connectivity index (χ4v) is 2.52. The molecule has 1 atom stereocenters. The van der Waals surface area contributed by atoms with Crippen molar-refractivity contribution in [2.24, 2.45) is 11.3 Å². The molecule has 1 unspecified atom stereocenters. The molecule has 0 bridgehead atoms. The molecule has 108 valence electrons. The minimum Gasteiger partial charge on any atom is -0.383 e. The maximum atomic E-state index is 5.39. The van der Waals surface area contributed by atoms with Crippen LogP contribution in [-0.4, -0.2) is 50.8 Å². The molecule has 1 fully saturated rings. The molecule has 0 aromatic rings. The SMILES string of the molecule is COCC(CNCC(C)C)N1CCC(C)(C)CC1. The highest BCUT2D eigenvalue weighted by Gasteiger charge is 2.29. The van der Waals surface area contributed by atoms with Crippen molar-refractivity contribution in [1.29, 1.82) is 0 Å². The quantitative estimate of drug-likeness (QED) is 0.757. The Bertz CT molecular complexity index is 219. The summed E-state index contributed by atoms with van der Waals surface area (Å²) >= 11 is 0. The van der Waals surface area contributed by atoms with Crippen LogP contribution in [0.3, 0.4) is 0 Å². The van der Waals surface area contributed by atoms with E-state index in [4.69, 9.17) is 4.74 Å². The zero-order valence-electron chi connectivity index (χ0n) is 13.0. The van der Waals surface area contributed by atoms with Gasteiger partial charge in [-0.1, -0.05) is 27.7 Å². The van der Waals surface area contributed by atoms with Crippen molar-refractivity contribution in [3.63, 3.8) is 0 Å². The highest BCUT2D eigenvalue weighted by Crippen LogP contribution is 2.30. The molecular weight excluding hydrogens is 224 g/mol. The normalized spacial score (nSPS) is 22.3. The largest absolute Gasteiger partial charge is 0.383 e. The van der Waals surface area contributed by atoms with E-state index in [2.05, 4.69) is 37.9 Å². The van der Waals surface area contributed by atoms with Gasteiger partial charge < -0.3 is 10.1 Å². The summed E-state index contributed by atoms with van der Waals surface area (Å²) in [7, 11) is 1.81. The minimum absolute atomic E-state index is 0.527. The smallest absolute Gasteiger partial charge is 0.0630 e. The first-order valence-corrected chi connectivity index (χ1v) is 7.38. The number of ether oxygens (including phenoxy) is 1. The van der Waals surface area contributed by atoms with Crippen molar-refractivity contribution in [3.05, 3.63) is 0 Å². The molecule has 0 aromatic carbocycles. The first-order chi connectivity index (χ1) is 8.44. The van der Waals surface area contributed by atoms with Crippen molar-refractivity contribution in [2.75, 3.05) is 39.9 Å². The van der Waals surface area contributed by atoms with Gasteiger partial charge in [0.05, 0.1) is 6.61 Å². The summed E-state index contributed by atoms with van der Waals surface area (Å²) in [6.07, 6.45) is 2.61. The Labute approximate surface area is 113 Å². The van der Waals surface area contributed by atoms with Gasteiger partial charge in [-0.25, -0.2) is 0 Å². The highest BCUT2D eigenvalue weighted by molar-refractivity contribution is 4.83. The van der Waals surface area contributed by atoms with Crippen molar-refractivity contribution in [2.45, 2.75) is 46.6 Å². The maximum absolute atomic E-state index is 5.39. The van der Waals surface area contributed by atoms with E-state index in [1.807, 2.05) is 7.11 Å². The van der Waals surface area contributed by atoms with Crippen LogP contribution in [0.25, 0.3) is 0 Å². The molecular formula is C15H32N2O. The van der Waals surface area contributed by atoms with Gasteiger partial charge in [0.15, 0.2) is 0 Å². The molecule has 0 aromatic heterocycles. The Morgan fingerprint density at radius 1 is 1.17 bits per heavy atom. The monoisotopic (exact) mass is 256 g/mol. The number of likely N-dealkylation sites (tertiary alicyclic amines) is 1. The molecule has 0 aliphatic carbocycles. The Morgan fingerprint density at radius 2 is 1.78 bits per heavy atom. The van der Waals surface area contributed by atoms with Crippen LogP contribution in [0.5, 0.6) is 0 Å². The van der Waals surface area contributed by atoms with E-state index in [9.17, 15) is 0 Å². The van der Waals surface area contributed by atoms with E-state index >= 15 is 0 Å². The number of hydrogen-bond acceptors (Lipinski definition) is 3. The molecule has 0 radical (unpaired) electrons. The van der Waals surface area contributed by atoms with Gasteiger partial charge in [-0.15, -0.1) is 0 Å². The molecule has 1 rings (SSSR count). The topological polar surface area (TPSA) is 24.5 Å². The molecule has 0 spiro atoms. The maximum Gasteiger partial charge on any atom is 0.0630 e. The second-order valence-electron chi connectivity index (χ2n) is 6.86. The zero-order chi connectivity index (χ0) is 13.6. The Kier molecular flexibility index (Phi) is 6.61. The van der Waals surface area contributed by atoms with Crippen LogP contribution in [-0.2, 0) is 4.74 Å². The fraction of sp³-hybridized carbons (Fsp3) is 1.00. The molecule has 1 N–H and O–H groups in total. The predicted octanol–water partition coefficient (Wildman–Crippen LogP) is 2.37. The second-order valence-corrected chi connectivity index (χ2v) is 6.86. The number of nitrogens with one attached hydrogen (secondary N) is 1. The van der Waals surface area contributed by atoms with Crippen molar-refractivity contribution in [1.82, 2.24) is 10.2 Å². The summed E-state index contributed by atoms with van der Waals surface area (Å²) in [5, 5.41) is 3.57. The first kappa shape index (κ1) is 15.9. The number of nitrogens with zero attached hydrogens (tertiary/aromatic N) is 1. The molecule has 3 nitrogen and oxygen atoms in total. The van der Waals surface area contributed by atoms with Crippen molar-refractivity contribution < 1.29 is 4.74 Å². The molecule has 1 aliphatic rings. The van der Waals surface area contributed by atoms with Gasteiger partial charge >= 0.3 is 0 Å². The molecule has 1 heterocycles. The summed E-state index contributed by atoms with van der Waals surface area (Å²) in [5.74, 6) is 0.716. The van der Waals surface area contributed by atoms with Gasteiger partial charge in [0, 0.05) is 19.7 Å². The van der Waals surface area contributed by atoms with E-state index in [-0.39, 0.29) is 0 Å². The van der Waals surface area contributed by atoms with E-state index in [1.54, 1.807) is 0 Å². The predicted molar refractivity (Wildman–Crippen MR) is 78.0 cm³/mol. The van der Waals surface area contributed by atoms with Gasteiger partial charge in [0.2, 0.25) is 0 Å². The Morgan fingerprint density at radius 3 is 2.28 bits per heavy atom. The fourth-order valence-electron chi connectivity index (χ4n) is 2.52. The Hall–Kier alpha value is -0.120. The third-order valence-electron chi connectivity index (χ3n) is 3.96. The lowest BCUT2D eigenvalue weighted by Gasteiger charge is -2.41. The molecule has 0 amide bonds. The molecule has 18 heavy (non-hydrogen) atoms. The van der Waals surface area contributed by atoms with Gasteiger partial charge in [-0.3, -0.25) is 4.90 Å².